The van der Waals surface area contributed by atoms with Crippen molar-refractivity contribution in [3.05, 3.63) is 23.5 Å². The van der Waals surface area contributed by atoms with Crippen LogP contribution >= 0.6 is 23.1 Å². The van der Waals surface area contributed by atoms with E-state index in [1.165, 1.54) is 18.6 Å². The molecule has 114 valence electrons. The lowest BCUT2D eigenvalue weighted by molar-refractivity contribution is 0.584. The Bertz CT molecular complexity index is 596. The van der Waals surface area contributed by atoms with Gasteiger partial charge < -0.3 is 10.6 Å². The van der Waals surface area contributed by atoms with Crippen LogP contribution in [0.1, 0.15) is 25.5 Å². The van der Waals surface area contributed by atoms with Crippen molar-refractivity contribution in [3.8, 4) is 0 Å². The molecule has 7 heteroatoms. The zero-order chi connectivity index (χ0) is 14.7. The number of hydrogen-bond donors (Lipinski definition) is 2. The Kier molecular flexibility index (Phi) is 4.40. The van der Waals surface area contributed by atoms with Crippen molar-refractivity contribution < 1.29 is 0 Å². The SMILES string of the molecule is CN=C(NCc1cn2ccsc2n1)NCC1(C)CCCS1. The van der Waals surface area contributed by atoms with Crippen molar-refractivity contribution in [2.45, 2.75) is 31.1 Å². The minimum atomic E-state index is 0.342. The molecule has 0 aliphatic carbocycles. The number of aliphatic imine (C=N–C) groups is 1. The van der Waals surface area contributed by atoms with Crippen LogP contribution in [-0.2, 0) is 6.54 Å². The zero-order valence-electron chi connectivity index (χ0n) is 12.4. The Hall–Kier alpha value is -1.21. The molecule has 0 spiro atoms. The van der Waals surface area contributed by atoms with E-state index in [-0.39, 0.29) is 0 Å². The minimum Gasteiger partial charge on any atom is -0.355 e. The van der Waals surface area contributed by atoms with E-state index in [9.17, 15) is 0 Å². The quantitative estimate of drug-likeness (QED) is 0.670. The molecule has 0 amide bonds. The lowest BCUT2D eigenvalue weighted by atomic mass is 10.1. The third kappa shape index (κ3) is 3.52. The standard InChI is InChI=1S/C14H21N5S2/c1-14(4-3-6-21-14)10-17-12(15-2)16-8-11-9-19-5-7-20-13(19)18-11/h5,7,9H,3-4,6,8,10H2,1-2H3,(H2,15,16,17). The summed E-state index contributed by atoms with van der Waals surface area (Å²) in [5, 5.41) is 8.81. The van der Waals surface area contributed by atoms with Gasteiger partial charge >= 0.3 is 0 Å². The zero-order valence-corrected chi connectivity index (χ0v) is 14.1. The van der Waals surface area contributed by atoms with Crippen LogP contribution in [0.25, 0.3) is 4.96 Å². The largest absolute Gasteiger partial charge is 0.355 e. The second-order valence-corrected chi connectivity index (χ2v) is 8.06. The monoisotopic (exact) mass is 323 g/mol. The van der Waals surface area contributed by atoms with E-state index in [2.05, 4.69) is 45.5 Å². The molecule has 1 aliphatic rings. The topological polar surface area (TPSA) is 53.7 Å². The number of aromatic nitrogens is 2. The van der Waals surface area contributed by atoms with Gasteiger partial charge in [-0.1, -0.05) is 0 Å². The lowest BCUT2D eigenvalue weighted by Gasteiger charge is -2.24. The maximum atomic E-state index is 4.56. The second kappa shape index (κ2) is 6.27. The minimum absolute atomic E-state index is 0.342. The number of thiazole rings is 1. The van der Waals surface area contributed by atoms with Gasteiger partial charge in [-0.2, -0.15) is 11.8 Å². The fourth-order valence-electron chi connectivity index (χ4n) is 2.50. The maximum absolute atomic E-state index is 4.56. The first-order chi connectivity index (χ1) is 10.2. The summed E-state index contributed by atoms with van der Waals surface area (Å²) in [6, 6.07) is 0. The molecule has 1 saturated heterocycles. The number of nitrogens with one attached hydrogen (secondary N) is 2. The van der Waals surface area contributed by atoms with E-state index in [0.717, 1.165) is 23.2 Å². The van der Waals surface area contributed by atoms with Crippen LogP contribution in [0.3, 0.4) is 0 Å². The van der Waals surface area contributed by atoms with Gasteiger partial charge in [0.05, 0.1) is 12.2 Å². The van der Waals surface area contributed by atoms with Crippen molar-refractivity contribution in [2.75, 3.05) is 19.3 Å². The summed E-state index contributed by atoms with van der Waals surface area (Å²) in [7, 11) is 1.81. The summed E-state index contributed by atoms with van der Waals surface area (Å²) in [6.07, 6.45) is 6.68. The van der Waals surface area contributed by atoms with Gasteiger partial charge in [0.2, 0.25) is 0 Å². The van der Waals surface area contributed by atoms with E-state index >= 15 is 0 Å². The van der Waals surface area contributed by atoms with Gasteiger partial charge in [0, 0.05) is 36.1 Å². The number of hydrogen-bond acceptors (Lipinski definition) is 4. The molecule has 1 fully saturated rings. The number of fused-ring (bicyclic) bond motifs is 1. The number of thioether (sulfide) groups is 1. The Morgan fingerprint density at radius 1 is 1.52 bits per heavy atom. The Balaban J connectivity index is 1.51. The number of nitrogens with zero attached hydrogens (tertiary/aromatic N) is 3. The highest BCUT2D eigenvalue weighted by Crippen LogP contribution is 2.36. The van der Waals surface area contributed by atoms with Crippen molar-refractivity contribution in [1.82, 2.24) is 20.0 Å². The highest BCUT2D eigenvalue weighted by Gasteiger charge is 2.29. The molecule has 3 heterocycles. The first-order valence-electron chi connectivity index (χ1n) is 7.18. The highest BCUT2D eigenvalue weighted by molar-refractivity contribution is 8.00. The van der Waals surface area contributed by atoms with Gasteiger partial charge in [-0.05, 0) is 25.5 Å². The van der Waals surface area contributed by atoms with E-state index in [4.69, 9.17) is 0 Å². The Labute approximate surface area is 133 Å². The second-order valence-electron chi connectivity index (χ2n) is 5.51. The van der Waals surface area contributed by atoms with Crippen molar-refractivity contribution in [1.29, 1.82) is 0 Å². The molecule has 21 heavy (non-hydrogen) atoms. The third-order valence-electron chi connectivity index (χ3n) is 3.73. The highest BCUT2D eigenvalue weighted by atomic mass is 32.2. The molecule has 0 radical (unpaired) electrons. The van der Waals surface area contributed by atoms with Crippen molar-refractivity contribution >= 4 is 34.0 Å². The van der Waals surface area contributed by atoms with Crippen molar-refractivity contribution in [3.63, 3.8) is 0 Å². The Morgan fingerprint density at radius 2 is 2.43 bits per heavy atom. The maximum Gasteiger partial charge on any atom is 0.193 e. The van der Waals surface area contributed by atoms with Crippen LogP contribution in [-0.4, -0.2) is 39.4 Å². The fraction of sp³-hybridized carbons (Fsp3) is 0.571. The van der Waals surface area contributed by atoms with Crippen LogP contribution in [0.15, 0.2) is 22.8 Å². The molecule has 2 aromatic rings. The van der Waals surface area contributed by atoms with Gasteiger partial charge in [0.1, 0.15) is 0 Å². The molecule has 0 aromatic carbocycles. The molecule has 2 aromatic heterocycles. The molecule has 1 aliphatic heterocycles. The first-order valence-corrected chi connectivity index (χ1v) is 9.05. The summed E-state index contributed by atoms with van der Waals surface area (Å²) in [4.78, 5) is 9.88. The number of rotatable bonds is 4. The third-order valence-corrected chi connectivity index (χ3v) is 6.04. The van der Waals surface area contributed by atoms with E-state index in [1.54, 1.807) is 11.3 Å². The summed E-state index contributed by atoms with van der Waals surface area (Å²) in [6.45, 7) is 3.97. The molecule has 1 atom stereocenters. The molecule has 1 unspecified atom stereocenters. The van der Waals surface area contributed by atoms with Gasteiger partial charge in [-0.15, -0.1) is 11.3 Å². The fourth-order valence-corrected chi connectivity index (χ4v) is 4.47. The predicted octanol–water partition coefficient (Wildman–Crippen LogP) is 2.35. The smallest absolute Gasteiger partial charge is 0.193 e. The van der Waals surface area contributed by atoms with Gasteiger partial charge in [0.25, 0.3) is 0 Å². The van der Waals surface area contributed by atoms with E-state index in [1.807, 2.05) is 23.0 Å². The Morgan fingerprint density at radius 3 is 3.14 bits per heavy atom. The van der Waals surface area contributed by atoms with Gasteiger partial charge in [-0.3, -0.25) is 9.39 Å². The van der Waals surface area contributed by atoms with Crippen molar-refractivity contribution in [2.24, 2.45) is 4.99 Å². The van der Waals surface area contributed by atoms with Crippen LogP contribution in [0.5, 0.6) is 0 Å². The van der Waals surface area contributed by atoms with Crippen LogP contribution in [0.2, 0.25) is 0 Å². The van der Waals surface area contributed by atoms with Crippen LogP contribution in [0.4, 0.5) is 0 Å². The molecule has 0 saturated carbocycles. The molecular formula is C14H21N5S2. The van der Waals surface area contributed by atoms with Crippen LogP contribution < -0.4 is 10.6 Å². The summed E-state index contributed by atoms with van der Waals surface area (Å²) >= 11 is 3.71. The van der Waals surface area contributed by atoms with Gasteiger partial charge in [0.15, 0.2) is 10.9 Å². The normalized spacial score (nSPS) is 22.9. The average molecular weight is 323 g/mol. The molecule has 2 N–H and O–H groups in total. The summed E-state index contributed by atoms with van der Waals surface area (Å²) in [5.74, 6) is 2.12. The average Bonchev–Trinajstić information content (AvgIpc) is 3.15. The number of imidazole rings is 1. The predicted molar refractivity (Wildman–Crippen MR) is 91.4 cm³/mol. The molecular weight excluding hydrogens is 302 g/mol. The first kappa shape index (κ1) is 14.7. The lowest BCUT2D eigenvalue weighted by Crippen LogP contribution is -2.43. The summed E-state index contributed by atoms with van der Waals surface area (Å²) in [5.41, 5.74) is 1.03. The molecule has 0 bridgehead atoms. The summed E-state index contributed by atoms with van der Waals surface area (Å²) < 4.78 is 2.39. The van der Waals surface area contributed by atoms with Crippen LogP contribution in [0, 0.1) is 0 Å². The van der Waals surface area contributed by atoms with E-state index in [0.29, 0.717) is 11.3 Å². The van der Waals surface area contributed by atoms with E-state index < -0.39 is 0 Å². The van der Waals surface area contributed by atoms with Gasteiger partial charge in [-0.25, -0.2) is 4.98 Å². The molecule has 3 rings (SSSR count). The number of guanidine groups is 1. The molecule has 5 nitrogen and oxygen atoms in total.